The summed E-state index contributed by atoms with van der Waals surface area (Å²) in [4.78, 5) is 2.53. The molecule has 2 aliphatic heterocycles. The van der Waals surface area contributed by atoms with Crippen LogP contribution in [0.1, 0.15) is 30.9 Å². The van der Waals surface area contributed by atoms with Gasteiger partial charge in [0.15, 0.2) is 0 Å². The van der Waals surface area contributed by atoms with Gasteiger partial charge in [0.25, 0.3) is 0 Å². The number of likely N-dealkylation sites (tertiary alicyclic amines) is 1. The second-order valence-corrected chi connectivity index (χ2v) is 8.28. The summed E-state index contributed by atoms with van der Waals surface area (Å²) in [5.74, 6) is 3.14. The SMILES string of the molecule is C[C@H](Cc1ccc(C(F)(F)F)cc1)CN1CCC2(CC1)CSC2. The number of hydrogen-bond acceptors (Lipinski definition) is 2. The van der Waals surface area contributed by atoms with Crippen LogP contribution in [0.4, 0.5) is 13.2 Å². The first kappa shape index (κ1) is 17.2. The number of nitrogens with zero attached hydrogens (tertiary/aromatic N) is 1. The van der Waals surface area contributed by atoms with Gasteiger partial charge in [-0.25, -0.2) is 0 Å². The molecule has 2 fully saturated rings. The van der Waals surface area contributed by atoms with Crippen LogP contribution in [0.15, 0.2) is 24.3 Å². The number of halogens is 3. The third-order valence-electron chi connectivity index (χ3n) is 5.17. The molecule has 1 atom stereocenters. The van der Waals surface area contributed by atoms with Gasteiger partial charge in [0.05, 0.1) is 5.56 Å². The van der Waals surface area contributed by atoms with E-state index in [4.69, 9.17) is 0 Å². The van der Waals surface area contributed by atoms with Crippen molar-refractivity contribution in [2.45, 2.75) is 32.4 Å². The minimum atomic E-state index is -4.24. The Bertz CT molecular complexity index is 512. The summed E-state index contributed by atoms with van der Waals surface area (Å²) in [6.07, 6.45) is -0.774. The molecular weight excluding hydrogens is 319 g/mol. The van der Waals surface area contributed by atoms with Crippen molar-refractivity contribution in [3.8, 4) is 0 Å². The Balaban J connectivity index is 1.46. The summed E-state index contributed by atoms with van der Waals surface area (Å²) in [5.41, 5.74) is 1.07. The van der Waals surface area contributed by atoms with Crippen LogP contribution < -0.4 is 0 Å². The zero-order valence-electron chi connectivity index (χ0n) is 13.5. The number of thioether (sulfide) groups is 1. The molecule has 1 nitrogen and oxygen atoms in total. The molecular formula is C18H24F3NS. The summed E-state index contributed by atoms with van der Waals surface area (Å²) in [6, 6.07) is 5.63. The smallest absolute Gasteiger partial charge is 0.303 e. The molecule has 23 heavy (non-hydrogen) atoms. The summed E-state index contributed by atoms with van der Waals surface area (Å²) in [6.45, 7) is 5.60. The minimum Gasteiger partial charge on any atom is -0.303 e. The Kier molecular flexibility index (Phi) is 4.98. The molecule has 0 saturated carbocycles. The number of piperidine rings is 1. The van der Waals surface area contributed by atoms with Gasteiger partial charge >= 0.3 is 6.18 Å². The van der Waals surface area contributed by atoms with E-state index in [-0.39, 0.29) is 0 Å². The molecule has 0 N–H and O–H groups in total. The van der Waals surface area contributed by atoms with Crippen molar-refractivity contribution in [1.82, 2.24) is 4.90 Å². The second-order valence-electron chi connectivity index (χ2n) is 7.30. The fourth-order valence-electron chi connectivity index (χ4n) is 3.63. The van der Waals surface area contributed by atoms with Crippen LogP contribution >= 0.6 is 11.8 Å². The van der Waals surface area contributed by atoms with E-state index in [1.165, 1.54) is 49.6 Å². The largest absolute Gasteiger partial charge is 0.416 e. The van der Waals surface area contributed by atoms with E-state index in [1.807, 2.05) is 0 Å². The molecule has 128 valence electrons. The van der Waals surface area contributed by atoms with Crippen LogP contribution in [0.25, 0.3) is 0 Å². The predicted octanol–water partition coefficient (Wildman–Crippen LogP) is 4.71. The van der Waals surface area contributed by atoms with Gasteiger partial charge in [-0.2, -0.15) is 24.9 Å². The van der Waals surface area contributed by atoms with Crippen molar-refractivity contribution in [2.75, 3.05) is 31.1 Å². The first-order valence-corrected chi connectivity index (χ1v) is 9.48. The Morgan fingerprint density at radius 2 is 1.74 bits per heavy atom. The summed E-state index contributed by atoms with van der Waals surface area (Å²) in [7, 11) is 0. The fourth-order valence-corrected chi connectivity index (χ4v) is 4.99. The van der Waals surface area contributed by atoms with E-state index in [0.29, 0.717) is 11.3 Å². The Hall–Kier alpha value is -0.680. The second kappa shape index (κ2) is 6.67. The number of hydrogen-bond donors (Lipinski definition) is 0. The molecule has 0 radical (unpaired) electrons. The van der Waals surface area contributed by atoms with E-state index < -0.39 is 11.7 Å². The third-order valence-corrected chi connectivity index (χ3v) is 6.80. The van der Waals surface area contributed by atoms with Crippen molar-refractivity contribution in [1.29, 1.82) is 0 Å². The number of alkyl halides is 3. The van der Waals surface area contributed by atoms with Gasteiger partial charge in [-0.05, 0) is 72.9 Å². The van der Waals surface area contributed by atoms with Crippen molar-refractivity contribution in [2.24, 2.45) is 11.3 Å². The van der Waals surface area contributed by atoms with E-state index in [0.717, 1.165) is 18.5 Å². The van der Waals surface area contributed by atoms with Crippen LogP contribution in [-0.2, 0) is 12.6 Å². The van der Waals surface area contributed by atoms with Gasteiger partial charge < -0.3 is 4.90 Å². The van der Waals surface area contributed by atoms with Crippen LogP contribution in [0.3, 0.4) is 0 Å². The van der Waals surface area contributed by atoms with Crippen LogP contribution in [0.2, 0.25) is 0 Å². The molecule has 1 spiro atoms. The monoisotopic (exact) mass is 343 g/mol. The number of rotatable bonds is 4. The lowest BCUT2D eigenvalue weighted by atomic mass is 9.81. The maximum absolute atomic E-state index is 12.6. The molecule has 2 aliphatic rings. The van der Waals surface area contributed by atoms with Crippen molar-refractivity contribution < 1.29 is 13.2 Å². The highest BCUT2D eigenvalue weighted by Gasteiger charge is 2.40. The van der Waals surface area contributed by atoms with E-state index >= 15 is 0 Å². The average Bonchev–Trinajstić information content (AvgIpc) is 2.46. The molecule has 0 amide bonds. The fraction of sp³-hybridized carbons (Fsp3) is 0.667. The Morgan fingerprint density at radius 3 is 2.22 bits per heavy atom. The standard InChI is InChI=1S/C18H24F3NS/c1-14(10-15-2-4-16(5-3-15)18(19,20)21)11-22-8-6-17(7-9-22)12-23-13-17/h2-5,14H,6-13H2,1H3/t14-/m1/s1. The van der Waals surface area contributed by atoms with Gasteiger partial charge in [0.1, 0.15) is 0 Å². The molecule has 2 heterocycles. The van der Waals surface area contributed by atoms with E-state index in [1.54, 1.807) is 12.1 Å². The van der Waals surface area contributed by atoms with Gasteiger partial charge in [-0.3, -0.25) is 0 Å². The predicted molar refractivity (Wildman–Crippen MR) is 89.7 cm³/mol. The highest BCUT2D eigenvalue weighted by atomic mass is 32.2. The summed E-state index contributed by atoms with van der Waals surface area (Å²) in [5, 5.41) is 0. The summed E-state index contributed by atoms with van der Waals surface area (Å²) < 4.78 is 37.7. The molecule has 1 aromatic rings. The average molecular weight is 343 g/mol. The van der Waals surface area contributed by atoms with Crippen molar-refractivity contribution in [3.05, 3.63) is 35.4 Å². The molecule has 0 bridgehead atoms. The lowest BCUT2D eigenvalue weighted by molar-refractivity contribution is -0.137. The zero-order chi connectivity index (χ0) is 16.5. The maximum Gasteiger partial charge on any atom is 0.416 e. The van der Waals surface area contributed by atoms with Crippen molar-refractivity contribution >= 4 is 11.8 Å². The van der Waals surface area contributed by atoms with Gasteiger partial charge in [-0.1, -0.05) is 19.1 Å². The molecule has 2 saturated heterocycles. The Morgan fingerprint density at radius 1 is 1.13 bits per heavy atom. The summed E-state index contributed by atoms with van der Waals surface area (Å²) >= 11 is 2.06. The highest BCUT2D eigenvalue weighted by molar-refractivity contribution is 8.00. The third kappa shape index (κ3) is 4.24. The van der Waals surface area contributed by atoms with E-state index in [9.17, 15) is 13.2 Å². The lowest BCUT2D eigenvalue weighted by Crippen LogP contribution is -2.47. The van der Waals surface area contributed by atoms with Gasteiger partial charge in [-0.15, -0.1) is 0 Å². The maximum atomic E-state index is 12.6. The normalized spacial score (nSPS) is 22.8. The van der Waals surface area contributed by atoms with Crippen molar-refractivity contribution in [3.63, 3.8) is 0 Å². The van der Waals surface area contributed by atoms with Crippen LogP contribution in [0.5, 0.6) is 0 Å². The topological polar surface area (TPSA) is 3.24 Å². The quantitative estimate of drug-likeness (QED) is 0.779. The minimum absolute atomic E-state index is 0.469. The molecule has 1 aromatic carbocycles. The first-order chi connectivity index (χ1) is 10.9. The van der Waals surface area contributed by atoms with Crippen LogP contribution in [-0.4, -0.2) is 36.0 Å². The lowest BCUT2D eigenvalue weighted by Gasteiger charge is -2.47. The number of benzene rings is 1. The highest BCUT2D eigenvalue weighted by Crippen LogP contribution is 2.45. The van der Waals surface area contributed by atoms with Crippen LogP contribution in [0, 0.1) is 11.3 Å². The zero-order valence-corrected chi connectivity index (χ0v) is 14.3. The molecule has 5 heteroatoms. The first-order valence-electron chi connectivity index (χ1n) is 8.33. The van der Waals surface area contributed by atoms with E-state index in [2.05, 4.69) is 23.6 Å². The molecule has 0 unspecified atom stereocenters. The molecule has 3 rings (SSSR count). The Labute approximate surface area is 140 Å². The molecule has 0 aromatic heterocycles. The van der Waals surface area contributed by atoms with Gasteiger partial charge in [0, 0.05) is 6.54 Å². The molecule has 0 aliphatic carbocycles. The van der Waals surface area contributed by atoms with Gasteiger partial charge in [0.2, 0.25) is 0 Å².